The third-order valence-electron chi connectivity index (χ3n) is 8.44. The number of nitrogens with one attached hydrogen (secondary N) is 1. The van der Waals surface area contributed by atoms with Gasteiger partial charge in [0.25, 0.3) is 5.91 Å². The predicted molar refractivity (Wildman–Crippen MR) is 199 cm³/mol. The van der Waals surface area contributed by atoms with Crippen molar-refractivity contribution < 1.29 is 37.7 Å². The fraction of sp³-hybridized carbons (Fsp3) is 0.487. The van der Waals surface area contributed by atoms with Gasteiger partial charge in [0, 0.05) is 38.1 Å². The first-order valence-corrected chi connectivity index (χ1v) is 19.3. The number of hydrogen-bond donors (Lipinski definition) is 3. The zero-order chi connectivity index (χ0) is 37.1. The van der Waals surface area contributed by atoms with Crippen molar-refractivity contribution in [1.29, 1.82) is 0 Å². The number of benzene rings is 3. The Kier molecular flexibility index (Phi) is 18.9. The van der Waals surface area contributed by atoms with E-state index in [9.17, 15) is 23.1 Å². The highest BCUT2D eigenvalue weighted by Gasteiger charge is 2.26. The van der Waals surface area contributed by atoms with Crippen LogP contribution in [0.25, 0.3) is 11.1 Å². The van der Waals surface area contributed by atoms with Crippen LogP contribution in [0.2, 0.25) is 0 Å². The quantitative estimate of drug-likeness (QED) is 0.176. The van der Waals surface area contributed by atoms with Gasteiger partial charge in [-0.3, -0.25) is 9.69 Å². The third kappa shape index (κ3) is 15.1. The Labute approximate surface area is 298 Å². The maximum atomic E-state index is 13.2. The predicted octanol–water partition coefficient (Wildman–Crippen LogP) is 5.89. The molecule has 3 aromatic carbocycles. The average molecular weight is 713 g/mol. The molecule has 1 aliphatic rings. The van der Waals surface area contributed by atoms with Gasteiger partial charge in [-0.2, -0.15) is 0 Å². The molecule has 1 saturated heterocycles. The first kappa shape index (κ1) is 42.6. The molecule has 11 heteroatoms. The van der Waals surface area contributed by atoms with Gasteiger partial charge >= 0.3 is 5.97 Å². The molecule has 0 aromatic heterocycles. The van der Waals surface area contributed by atoms with Gasteiger partial charge in [-0.05, 0) is 92.9 Å². The van der Waals surface area contributed by atoms with Crippen LogP contribution in [0.5, 0.6) is 0 Å². The van der Waals surface area contributed by atoms with E-state index in [2.05, 4.69) is 24.1 Å². The number of aliphatic hydroxyl groups is 1. The number of aliphatic carboxylic acids is 1. The second-order valence-corrected chi connectivity index (χ2v) is 14.8. The van der Waals surface area contributed by atoms with Crippen LogP contribution in [-0.2, 0) is 37.3 Å². The summed E-state index contributed by atoms with van der Waals surface area (Å²) in [5.41, 5.74) is 4.96. The van der Waals surface area contributed by atoms with Crippen LogP contribution in [0.4, 0.5) is 0 Å². The fourth-order valence-corrected chi connectivity index (χ4v) is 6.18. The molecule has 1 aliphatic heterocycles. The van der Waals surface area contributed by atoms with Crippen LogP contribution in [0.1, 0.15) is 73.5 Å². The zero-order valence-corrected chi connectivity index (χ0v) is 31.2. The molecule has 1 heterocycles. The normalized spacial score (nSPS) is 15.5. The third-order valence-corrected chi connectivity index (χ3v) is 9.42. The van der Waals surface area contributed by atoms with Crippen molar-refractivity contribution >= 4 is 21.7 Å². The molecule has 276 valence electrons. The number of ether oxygens (including phenoxy) is 2. The van der Waals surface area contributed by atoms with E-state index in [0.717, 1.165) is 67.5 Å². The van der Waals surface area contributed by atoms with E-state index in [4.69, 9.17) is 14.6 Å². The molecular weight excluding hydrogens is 657 g/mol. The summed E-state index contributed by atoms with van der Waals surface area (Å²) in [6.45, 7) is 11.6. The molecule has 10 nitrogen and oxygen atoms in total. The second-order valence-electron chi connectivity index (χ2n) is 12.5. The number of aryl methyl sites for hydroxylation is 1. The van der Waals surface area contributed by atoms with Crippen LogP contribution in [0.15, 0.2) is 72.8 Å². The molecule has 50 heavy (non-hydrogen) atoms. The SMILES string of the molecule is CCOC(C)CC.COC[C@@H]1CCCN1Cc1ccc(C(=O)NC(CCS(C)(=O)=O)C(=O)O)c(-c2ccccc2C)c1.OCc1ccccc1. The number of carboxylic acids is 1. The Balaban J connectivity index is 0.000000475. The Hall–Kier alpha value is -3.61. The van der Waals surface area contributed by atoms with Crippen molar-refractivity contribution in [2.24, 2.45) is 0 Å². The summed E-state index contributed by atoms with van der Waals surface area (Å²) >= 11 is 0. The standard InChI is InChI=1S/C26H34N2O6S.C7H8O.C6H14O/c1-18-7-4-5-9-21(18)23-15-19(16-28-13-6-8-20(28)17-34-2)10-11-22(23)25(29)27-24(26(30)31)12-14-35(3,32)33;8-6-7-4-2-1-3-5-7;1-4-6(3)7-5-2/h4-5,7,9-11,15,20,24H,6,8,12-14,16-17H2,1-3H3,(H,27,29)(H,30,31);1-5,8H,6H2;6H,4-5H2,1-3H3/t20-,24?;;/m0../s1. The molecular formula is C39H56N2O8S. The fourth-order valence-electron chi connectivity index (χ4n) is 5.52. The Morgan fingerprint density at radius 3 is 2.22 bits per heavy atom. The summed E-state index contributed by atoms with van der Waals surface area (Å²) in [4.78, 5) is 27.3. The Bertz CT molecular complexity index is 1570. The van der Waals surface area contributed by atoms with Crippen molar-refractivity contribution in [2.75, 3.05) is 38.9 Å². The van der Waals surface area contributed by atoms with Gasteiger partial charge in [0.1, 0.15) is 15.9 Å². The summed E-state index contributed by atoms with van der Waals surface area (Å²) < 4.78 is 33.6. The van der Waals surface area contributed by atoms with Gasteiger partial charge in [-0.15, -0.1) is 0 Å². The highest BCUT2D eigenvalue weighted by atomic mass is 32.2. The lowest BCUT2D eigenvalue weighted by molar-refractivity contribution is -0.139. The molecule has 0 saturated carbocycles. The van der Waals surface area contributed by atoms with Crippen LogP contribution in [0.3, 0.4) is 0 Å². The van der Waals surface area contributed by atoms with Crippen molar-refractivity contribution in [2.45, 2.75) is 84.7 Å². The van der Waals surface area contributed by atoms with Crippen molar-refractivity contribution in [3.63, 3.8) is 0 Å². The minimum absolute atomic E-state index is 0.140. The van der Waals surface area contributed by atoms with Gasteiger partial charge in [-0.25, -0.2) is 13.2 Å². The number of likely N-dealkylation sites (tertiary alicyclic amines) is 1. The highest BCUT2D eigenvalue weighted by Crippen LogP contribution is 2.30. The van der Waals surface area contributed by atoms with Crippen molar-refractivity contribution in [1.82, 2.24) is 10.2 Å². The number of carbonyl (C=O) groups is 2. The van der Waals surface area contributed by atoms with E-state index in [1.807, 2.05) is 80.6 Å². The van der Waals surface area contributed by atoms with Gasteiger partial charge < -0.3 is 25.0 Å². The second kappa shape index (κ2) is 22.3. The lowest BCUT2D eigenvalue weighted by Crippen LogP contribution is -2.42. The van der Waals surface area contributed by atoms with Crippen LogP contribution in [-0.4, -0.2) is 92.5 Å². The molecule has 4 rings (SSSR count). The van der Waals surface area contributed by atoms with Crippen molar-refractivity contribution in [3.05, 3.63) is 95.1 Å². The number of carboxylic acid groups (broad SMARTS) is 1. The molecule has 1 fully saturated rings. The maximum Gasteiger partial charge on any atom is 0.326 e. The number of hydrogen-bond acceptors (Lipinski definition) is 8. The summed E-state index contributed by atoms with van der Waals surface area (Å²) in [7, 11) is -1.66. The zero-order valence-electron chi connectivity index (χ0n) is 30.4. The summed E-state index contributed by atoms with van der Waals surface area (Å²) in [6, 6.07) is 21.9. The maximum absolute atomic E-state index is 13.2. The number of rotatable bonds is 15. The number of methoxy groups -OCH3 is 1. The van der Waals surface area contributed by atoms with Crippen LogP contribution >= 0.6 is 0 Å². The molecule has 3 N–H and O–H groups in total. The molecule has 2 unspecified atom stereocenters. The van der Waals surface area contributed by atoms with Gasteiger partial charge in [0.05, 0.1) is 25.1 Å². The summed E-state index contributed by atoms with van der Waals surface area (Å²) in [6.07, 6.45) is 4.61. The molecule has 0 bridgehead atoms. The molecule has 1 amide bonds. The van der Waals surface area contributed by atoms with Gasteiger partial charge in [0.2, 0.25) is 0 Å². The molecule has 0 spiro atoms. The van der Waals surface area contributed by atoms with Gasteiger partial charge in [0.15, 0.2) is 0 Å². The Morgan fingerprint density at radius 2 is 1.68 bits per heavy atom. The number of nitrogens with zero attached hydrogens (tertiary/aromatic N) is 1. The minimum Gasteiger partial charge on any atom is -0.480 e. The lowest BCUT2D eigenvalue weighted by atomic mass is 9.93. The summed E-state index contributed by atoms with van der Waals surface area (Å²) in [5, 5.41) is 20.6. The van der Waals surface area contributed by atoms with E-state index < -0.39 is 27.8 Å². The van der Waals surface area contributed by atoms with E-state index in [1.54, 1.807) is 13.2 Å². The van der Waals surface area contributed by atoms with Gasteiger partial charge in [-0.1, -0.05) is 67.6 Å². The topological polar surface area (TPSA) is 142 Å². The minimum atomic E-state index is -3.36. The molecule has 0 radical (unpaired) electrons. The lowest BCUT2D eigenvalue weighted by Gasteiger charge is -2.24. The number of amides is 1. The molecule has 0 aliphatic carbocycles. The Morgan fingerprint density at radius 1 is 1.00 bits per heavy atom. The van der Waals surface area contributed by atoms with E-state index in [-0.39, 0.29) is 18.8 Å². The largest absolute Gasteiger partial charge is 0.480 e. The average Bonchev–Trinajstić information content (AvgIpc) is 3.53. The number of sulfone groups is 1. The monoisotopic (exact) mass is 712 g/mol. The first-order chi connectivity index (χ1) is 23.8. The number of carbonyl (C=O) groups excluding carboxylic acids is 1. The molecule has 3 atom stereocenters. The van der Waals surface area contributed by atoms with Crippen LogP contribution in [0, 0.1) is 6.92 Å². The van der Waals surface area contributed by atoms with E-state index in [0.29, 0.717) is 29.9 Å². The highest BCUT2D eigenvalue weighted by molar-refractivity contribution is 7.90. The smallest absolute Gasteiger partial charge is 0.326 e. The van der Waals surface area contributed by atoms with E-state index in [1.165, 1.54) is 0 Å². The van der Waals surface area contributed by atoms with E-state index >= 15 is 0 Å². The van der Waals surface area contributed by atoms with Crippen LogP contribution < -0.4 is 5.32 Å². The summed E-state index contributed by atoms with van der Waals surface area (Å²) in [5.74, 6) is -2.14. The first-order valence-electron chi connectivity index (χ1n) is 17.2. The number of aliphatic hydroxyl groups excluding tert-OH is 1. The molecule has 3 aromatic rings. The van der Waals surface area contributed by atoms with Crippen molar-refractivity contribution in [3.8, 4) is 11.1 Å².